The predicted octanol–water partition coefficient (Wildman–Crippen LogP) is 2.16. The Morgan fingerprint density at radius 2 is 2.08 bits per heavy atom. The Kier molecular flexibility index (Phi) is 6.52. The van der Waals surface area contributed by atoms with Gasteiger partial charge in [-0.15, -0.1) is 34.2 Å². The molecule has 24 heavy (non-hydrogen) atoms. The molecule has 1 aromatic heterocycles. The van der Waals surface area contributed by atoms with Crippen molar-refractivity contribution < 1.29 is 4.39 Å². The molecule has 130 valence electrons. The quantitative estimate of drug-likeness (QED) is 0.431. The second-order valence-corrected chi connectivity index (χ2v) is 5.65. The average Bonchev–Trinajstić information content (AvgIpc) is 3.15. The van der Waals surface area contributed by atoms with Gasteiger partial charge in [0.1, 0.15) is 11.6 Å². The van der Waals surface area contributed by atoms with Crippen molar-refractivity contribution in [3.63, 3.8) is 0 Å². The zero-order chi connectivity index (χ0) is 16.2. The summed E-state index contributed by atoms with van der Waals surface area (Å²) >= 11 is 0. The van der Waals surface area contributed by atoms with Crippen molar-refractivity contribution in [1.82, 2.24) is 25.4 Å². The molecule has 0 saturated heterocycles. The summed E-state index contributed by atoms with van der Waals surface area (Å²) in [5, 5.41) is 14.8. The molecule has 0 aliphatic carbocycles. The molecule has 6 nitrogen and oxygen atoms in total. The number of hydrogen-bond acceptors (Lipinski definition) is 3. The first-order valence-electron chi connectivity index (χ1n) is 7.78. The predicted molar refractivity (Wildman–Crippen MR) is 102 cm³/mol. The Morgan fingerprint density at radius 3 is 2.83 bits per heavy atom. The highest BCUT2D eigenvalue weighted by molar-refractivity contribution is 14.0. The van der Waals surface area contributed by atoms with Gasteiger partial charge in [-0.1, -0.05) is 12.1 Å². The molecule has 8 heteroatoms. The monoisotopic (exact) mass is 444 g/mol. The van der Waals surface area contributed by atoms with E-state index in [4.69, 9.17) is 0 Å². The van der Waals surface area contributed by atoms with Crippen molar-refractivity contribution in [3.05, 3.63) is 46.8 Å². The SMILES string of the molecule is CN=C(NCc1ccc(C)c(F)c1)NCc1nnc2n1CCC2.I. The minimum atomic E-state index is -0.189. The van der Waals surface area contributed by atoms with Gasteiger partial charge in [-0.25, -0.2) is 4.39 Å². The third-order valence-corrected chi connectivity index (χ3v) is 4.02. The highest BCUT2D eigenvalue weighted by Gasteiger charge is 2.17. The number of nitrogens with zero attached hydrogens (tertiary/aromatic N) is 4. The Labute approximate surface area is 158 Å². The maximum absolute atomic E-state index is 13.6. The lowest BCUT2D eigenvalue weighted by atomic mass is 10.1. The summed E-state index contributed by atoms with van der Waals surface area (Å²) < 4.78 is 15.7. The lowest BCUT2D eigenvalue weighted by molar-refractivity contribution is 0.615. The summed E-state index contributed by atoms with van der Waals surface area (Å²) in [5.41, 5.74) is 1.52. The molecule has 0 atom stereocenters. The van der Waals surface area contributed by atoms with E-state index in [-0.39, 0.29) is 29.8 Å². The summed E-state index contributed by atoms with van der Waals surface area (Å²) in [7, 11) is 1.71. The molecule has 0 fully saturated rings. The number of hydrogen-bond donors (Lipinski definition) is 2. The molecule has 0 saturated carbocycles. The van der Waals surface area contributed by atoms with Crippen LogP contribution in [0.25, 0.3) is 0 Å². The fourth-order valence-corrected chi connectivity index (χ4v) is 2.66. The van der Waals surface area contributed by atoms with Crippen LogP contribution in [0.3, 0.4) is 0 Å². The third-order valence-electron chi connectivity index (χ3n) is 4.02. The van der Waals surface area contributed by atoms with Crippen LogP contribution in [0.5, 0.6) is 0 Å². The number of aryl methyl sites for hydroxylation is 2. The molecule has 1 aliphatic rings. The Balaban J connectivity index is 0.00000208. The second-order valence-electron chi connectivity index (χ2n) is 5.65. The van der Waals surface area contributed by atoms with E-state index < -0.39 is 0 Å². The Morgan fingerprint density at radius 1 is 1.29 bits per heavy atom. The van der Waals surface area contributed by atoms with E-state index in [1.807, 2.05) is 6.07 Å². The molecule has 0 radical (unpaired) electrons. The van der Waals surface area contributed by atoms with Gasteiger partial charge in [0.05, 0.1) is 6.54 Å². The smallest absolute Gasteiger partial charge is 0.191 e. The van der Waals surface area contributed by atoms with Crippen LogP contribution in [0.15, 0.2) is 23.2 Å². The summed E-state index contributed by atoms with van der Waals surface area (Å²) in [4.78, 5) is 4.18. The number of guanidine groups is 1. The topological polar surface area (TPSA) is 67.1 Å². The van der Waals surface area contributed by atoms with Crippen LogP contribution in [-0.2, 0) is 26.1 Å². The van der Waals surface area contributed by atoms with Gasteiger partial charge >= 0.3 is 0 Å². The number of rotatable bonds is 4. The number of benzene rings is 1. The molecular formula is C16H22FIN6. The van der Waals surface area contributed by atoms with E-state index >= 15 is 0 Å². The van der Waals surface area contributed by atoms with Gasteiger partial charge in [-0.05, 0) is 30.5 Å². The summed E-state index contributed by atoms with van der Waals surface area (Å²) in [5.74, 6) is 2.44. The van der Waals surface area contributed by atoms with E-state index in [1.165, 1.54) is 0 Å². The van der Waals surface area contributed by atoms with Crippen molar-refractivity contribution in [3.8, 4) is 0 Å². The molecule has 1 aliphatic heterocycles. The average molecular weight is 444 g/mol. The third kappa shape index (κ3) is 4.22. The standard InChI is InChI=1S/C16H21FN6.HI/c1-11-5-6-12(8-13(11)17)9-19-16(18-2)20-10-15-22-21-14-4-3-7-23(14)15;/h5-6,8H,3-4,7,9-10H2,1-2H3,(H2,18,19,20);1H. The van der Waals surface area contributed by atoms with E-state index in [2.05, 4.69) is 30.4 Å². The molecule has 0 bridgehead atoms. The maximum Gasteiger partial charge on any atom is 0.191 e. The van der Waals surface area contributed by atoms with Crippen LogP contribution < -0.4 is 10.6 Å². The molecule has 2 heterocycles. The molecular weight excluding hydrogens is 422 g/mol. The van der Waals surface area contributed by atoms with Crippen molar-refractivity contribution in [1.29, 1.82) is 0 Å². The lowest BCUT2D eigenvalue weighted by Gasteiger charge is -2.12. The fourth-order valence-electron chi connectivity index (χ4n) is 2.66. The van der Waals surface area contributed by atoms with Gasteiger partial charge in [-0.3, -0.25) is 4.99 Å². The largest absolute Gasteiger partial charge is 0.352 e. The highest BCUT2D eigenvalue weighted by atomic mass is 127. The van der Waals surface area contributed by atoms with Gasteiger partial charge < -0.3 is 15.2 Å². The number of aliphatic imine (C=N–C) groups is 1. The first-order chi connectivity index (χ1) is 11.2. The summed E-state index contributed by atoms with van der Waals surface area (Å²) in [6, 6.07) is 5.23. The van der Waals surface area contributed by atoms with Crippen molar-refractivity contribution in [2.75, 3.05) is 7.05 Å². The zero-order valence-electron chi connectivity index (χ0n) is 13.8. The molecule has 0 spiro atoms. The molecule has 2 N–H and O–H groups in total. The Bertz CT molecular complexity index is 727. The van der Waals surface area contributed by atoms with E-state index in [1.54, 1.807) is 26.1 Å². The first-order valence-corrected chi connectivity index (χ1v) is 7.78. The number of halogens is 2. The van der Waals surface area contributed by atoms with Crippen molar-refractivity contribution in [2.24, 2.45) is 4.99 Å². The van der Waals surface area contributed by atoms with Gasteiger partial charge in [0, 0.05) is 26.6 Å². The van der Waals surface area contributed by atoms with E-state index in [0.717, 1.165) is 36.6 Å². The number of fused-ring (bicyclic) bond motifs is 1. The van der Waals surface area contributed by atoms with Crippen LogP contribution in [0.4, 0.5) is 4.39 Å². The molecule has 2 aromatic rings. The summed E-state index contributed by atoms with van der Waals surface area (Å²) in [6.07, 6.45) is 2.13. The summed E-state index contributed by atoms with van der Waals surface area (Å²) in [6.45, 7) is 3.81. The zero-order valence-corrected chi connectivity index (χ0v) is 16.2. The molecule has 1 aromatic carbocycles. The van der Waals surface area contributed by atoms with Crippen molar-refractivity contribution in [2.45, 2.75) is 39.4 Å². The fraction of sp³-hybridized carbons (Fsp3) is 0.438. The van der Waals surface area contributed by atoms with E-state index in [9.17, 15) is 4.39 Å². The van der Waals surface area contributed by atoms with Crippen molar-refractivity contribution >= 4 is 29.9 Å². The minimum Gasteiger partial charge on any atom is -0.352 e. The van der Waals surface area contributed by atoms with Crippen LogP contribution in [0, 0.1) is 12.7 Å². The van der Waals surface area contributed by atoms with Gasteiger partial charge in [0.2, 0.25) is 0 Å². The second kappa shape index (κ2) is 8.41. The van der Waals surface area contributed by atoms with E-state index in [0.29, 0.717) is 24.6 Å². The van der Waals surface area contributed by atoms with Gasteiger partial charge in [0.15, 0.2) is 11.8 Å². The minimum absolute atomic E-state index is 0. The normalized spacial score (nSPS) is 13.4. The molecule has 3 rings (SSSR count). The number of aromatic nitrogens is 3. The van der Waals surface area contributed by atoms with Gasteiger partial charge in [-0.2, -0.15) is 0 Å². The molecule has 0 unspecified atom stereocenters. The van der Waals surface area contributed by atoms with Crippen LogP contribution >= 0.6 is 24.0 Å². The highest BCUT2D eigenvalue weighted by Crippen LogP contribution is 2.13. The van der Waals surface area contributed by atoms with Crippen LogP contribution in [0.2, 0.25) is 0 Å². The molecule has 0 amide bonds. The maximum atomic E-state index is 13.6. The van der Waals surface area contributed by atoms with Gasteiger partial charge in [0.25, 0.3) is 0 Å². The van der Waals surface area contributed by atoms with Crippen LogP contribution in [0.1, 0.15) is 29.2 Å². The Hall–Kier alpha value is -1.71. The van der Waals surface area contributed by atoms with Crippen LogP contribution in [-0.4, -0.2) is 27.8 Å². The lowest BCUT2D eigenvalue weighted by Crippen LogP contribution is -2.37. The number of nitrogens with one attached hydrogen (secondary N) is 2. The first kappa shape index (κ1) is 18.6.